The Bertz CT molecular complexity index is 162. The second-order valence-electron chi connectivity index (χ2n) is 6.82. The lowest BCUT2D eigenvalue weighted by atomic mass is 9.35. The van der Waals surface area contributed by atoms with Crippen molar-refractivity contribution >= 4 is 15.7 Å². The van der Waals surface area contributed by atoms with Crippen LogP contribution in [0.15, 0.2) is 0 Å². The summed E-state index contributed by atoms with van der Waals surface area (Å²) in [5.74, 6) is 0. The molecule has 0 bridgehead atoms. The third kappa shape index (κ3) is 2.04. The number of rotatable bonds is 2. The number of hydrogen-bond donors (Lipinski definition) is 0. The van der Waals surface area contributed by atoms with Crippen molar-refractivity contribution in [3.63, 3.8) is 0 Å². The van der Waals surface area contributed by atoms with E-state index in [0.717, 1.165) is 0 Å². The zero-order valence-electron chi connectivity index (χ0n) is 11.2. The lowest BCUT2D eigenvalue weighted by Crippen LogP contribution is -2.48. The predicted molar refractivity (Wildman–Crippen MR) is 67.2 cm³/mol. The Hall–Kier alpha value is 0.130. The Kier molecular flexibility index (Phi) is 3.35. The van der Waals surface area contributed by atoms with Gasteiger partial charge in [0.05, 0.1) is 15.7 Å². The van der Waals surface area contributed by atoms with Crippen molar-refractivity contribution in [3.05, 3.63) is 0 Å². The van der Waals surface area contributed by atoms with Gasteiger partial charge in [-0.1, -0.05) is 66.0 Å². The van der Waals surface area contributed by atoms with E-state index < -0.39 is 0 Å². The standard InChI is InChI=1S/C12H24B2/c1-9(2,3)12(8,10(4,5)13)11(6,7)14/h1-8H3. The molecule has 0 N–H and O–H groups in total. The molecule has 0 amide bonds. The maximum atomic E-state index is 6.31. The molecule has 0 aromatic carbocycles. The van der Waals surface area contributed by atoms with Gasteiger partial charge in [-0.15, -0.1) is 0 Å². The summed E-state index contributed by atoms with van der Waals surface area (Å²) in [6.45, 7) is 17.1. The minimum absolute atomic E-state index is 0.0729. The fraction of sp³-hybridized carbons (Fsp3) is 1.00. The second kappa shape index (κ2) is 3.32. The molecule has 78 valence electrons. The fourth-order valence-electron chi connectivity index (χ4n) is 2.76. The molecule has 0 spiro atoms. The zero-order chi connectivity index (χ0) is 12.0. The molecule has 0 rings (SSSR count). The molecule has 14 heavy (non-hydrogen) atoms. The molecule has 4 radical (unpaired) electrons. The van der Waals surface area contributed by atoms with E-state index in [1.165, 1.54) is 0 Å². The van der Waals surface area contributed by atoms with Crippen molar-refractivity contribution in [1.29, 1.82) is 0 Å². The molecule has 0 atom stereocenters. The van der Waals surface area contributed by atoms with Crippen LogP contribution in [-0.4, -0.2) is 15.7 Å². The molecule has 0 heterocycles. The highest BCUT2D eigenvalue weighted by Crippen LogP contribution is 2.65. The molecular formula is C12H24B2. The normalized spacial score (nSPS) is 15.7. The van der Waals surface area contributed by atoms with Crippen molar-refractivity contribution in [2.24, 2.45) is 10.8 Å². The summed E-state index contributed by atoms with van der Waals surface area (Å²) < 4.78 is 0. The third-order valence-corrected chi connectivity index (χ3v) is 4.08. The van der Waals surface area contributed by atoms with Gasteiger partial charge in [0, 0.05) is 0 Å². The second-order valence-corrected chi connectivity index (χ2v) is 6.82. The fourth-order valence-corrected chi connectivity index (χ4v) is 2.76. The summed E-state index contributed by atoms with van der Waals surface area (Å²) in [4.78, 5) is 0. The molecule has 0 aliphatic carbocycles. The quantitative estimate of drug-likeness (QED) is 0.581. The van der Waals surface area contributed by atoms with Gasteiger partial charge in [-0.2, -0.15) is 0 Å². The average molecular weight is 190 g/mol. The molecule has 0 fully saturated rings. The molecular weight excluding hydrogens is 166 g/mol. The van der Waals surface area contributed by atoms with E-state index in [0.29, 0.717) is 0 Å². The van der Waals surface area contributed by atoms with Gasteiger partial charge in [-0.05, 0) is 10.8 Å². The lowest BCUT2D eigenvalue weighted by molar-refractivity contribution is 0.0214. The molecule has 2 heteroatoms. The Labute approximate surface area is 93.1 Å². The van der Waals surface area contributed by atoms with Gasteiger partial charge >= 0.3 is 0 Å². The van der Waals surface area contributed by atoms with Gasteiger partial charge in [-0.25, -0.2) is 0 Å². The highest BCUT2D eigenvalue weighted by molar-refractivity contribution is 6.19. The third-order valence-electron chi connectivity index (χ3n) is 4.08. The maximum absolute atomic E-state index is 6.31. The van der Waals surface area contributed by atoms with E-state index in [9.17, 15) is 0 Å². The first-order valence-electron chi connectivity index (χ1n) is 5.33. The van der Waals surface area contributed by atoms with Crippen molar-refractivity contribution in [2.45, 2.75) is 66.0 Å². The molecule has 0 aromatic rings. The summed E-state index contributed by atoms with van der Waals surface area (Å²) in [6, 6.07) is 0. The van der Waals surface area contributed by atoms with Crippen LogP contribution < -0.4 is 0 Å². The van der Waals surface area contributed by atoms with E-state index in [2.05, 4.69) is 55.4 Å². The molecule has 0 saturated heterocycles. The molecule has 0 aromatic heterocycles. The van der Waals surface area contributed by atoms with Crippen LogP contribution in [0.25, 0.3) is 0 Å². The summed E-state index contributed by atoms with van der Waals surface area (Å²) in [7, 11) is 12.6. The highest BCUT2D eigenvalue weighted by Gasteiger charge is 2.52. The monoisotopic (exact) mass is 190 g/mol. The summed E-state index contributed by atoms with van der Waals surface area (Å²) >= 11 is 0. The molecule has 0 aliphatic rings. The highest BCUT2D eigenvalue weighted by atomic mass is 14.5. The first-order chi connectivity index (χ1) is 5.75. The van der Waals surface area contributed by atoms with E-state index in [-0.39, 0.29) is 21.5 Å². The molecule has 0 saturated carbocycles. The molecule has 0 aliphatic heterocycles. The SMILES string of the molecule is [B]C(C)(C)C(C)(C([B])(C)C)C(C)(C)C. The van der Waals surface area contributed by atoms with Crippen LogP contribution in [0, 0.1) is 10.8 Å². The van der Waals surface area contributed by atoms with Gasteiger partial charge < -0.3 is 0 Å². The van der Waals surface area contributed by atoms with Crippen molar-refractivity contribution in [1.82, 2.24) is 0 Å². The summed E-state index contributed by atoms with van der Waals surface area (Å²) in [6.07, 6.45) is 0. The Morgan fingerprint density at radius 2 is 0.786 bits per heavy atom. The smallest absolute Gasteiger partial charge is 0.0674 e. The van der Waals surface area contributed by atoms with E-state index in [1.807, 2.05) is 0 Å². The van der Waals surface area contributed by atoms with Crippen LogP contribution in [0.4, 0.5) is 0 Å². The summed E-state index contributed by atoms with van der Waals surface area (Å²) in [5.41, 5.74) is -0.0590. The van der Waals surface area contributed by atoms with Gasteiger partial charge in [0.2, 0.25) is 0 Å². The Balaban J connectivity index is 5.54. The van der Waals surface area contributed by atoms with E-state index in [4.69, 9.17) is 15.7 Å². The minimum atomic E-state index is -0.302. The van der Waals surface area contributed by atoms with Crippen LogP contribution in [0.1, 0.15) is 55.4 Å². The Morgan fingerprint density at radius 1 is 0.571 bits per heavy atom. The van der Waals surface area contributed by atoms with Gasteiger partial charge in [0.15, 0.2) is 0 Å². The minimum Gasteiger partial charge on any atom is -0.0674 e. The number of hydrogen-bond acceptors (Lipinski definition) is 0. The van der Waals surface area contributed by atoms with E-state index in [1.54, 1.807) is 0 Å². The molecule has 0 unspecified atom stereocenters. The first-order valence-corrected chi connectivity index (χ1v) is 5.33. The topological polar surface area (TPSA) is 0 Å². The lowest BCUT2D eigenvalue weighted by Gasteiger charge is -2.60. The van der Waals surface area contributed by atoms with Crippen LogP contribution in [0.5, 0.6) is 0 Å². The average Bonchev–Trinajstić information content (AvgIpc) is 1.77. The van der Waals surface area contributed by atoms with Crippen LogP contribution in [0.3, 0.4) is 0 Å². The zero-order valence-corrected chi connectivity index (χ0v) is 11.2. The van der Waals surface area contributed by atoms with Crippen LogP contribution >= 0.6 is 0 Å². The van der Waals surface area contributed by atoms with Crippen molar-refractivity contribution in [3.8, 4) is 0 Å². The van der Waals surface area contributed by atoms with E-state index >= 15 is 0 Å². The largest absolute Gasteiger partial charge is 0.0746 e. The van der Waals surface area contributed by atoms with Gasteiger partial charge in [0.25, 0.3) is 0 Å². The first kappa shape index (κ1) is 14.1. The molecule has 0 nitrogen and oxygen atoms in total. The van der Waals surface area contributed by atoms with Gasteiger partial charge in [0.1, 0.15) is 0 Å². The summed E-state index contributed by atoms with van der Waals surface area (Å²) in [5, 5.41) is -0.604. The maximum Gasteiger partial charge on any atom is 0.0746 e. The van der Waals surface area contributed by atoms with Crippen molar-refractivity contribution in [2.75, 3.05) is 0 Å². The Morgan fingerprint density at radius 3 is 0.786 bits per heavy atom. The van der Waals surface area contributed by atoms with Crippen LogP contribution in [0.2, 0.25) is 10.6 Å². The van der Waals surface area contributed by atoms with Crippen molar-refractivity contribution < 1.29 is 0 Å². The van der Waals surface area contributed by atoms with Crippen LogP contribution in [-0.2, 0) is 0 Å². The predicted octanol–water partition coefficient (Wildman–Crippen LogP) is 3.77. The van der Waals surface area contributed by atoms with Gasteiger partial charge in [-0.3, -0.25) is 0 Å².